The molecule has 136 valence electrons. The van der Waals surface area contributed by atoms with Crippen LogP contribution in [0.3, 0.4) is 0 Å². The Hall–Kier alpha value is -1.87. The molecule has 9 heteroatoms. The van der Waals surface area contributed by atoms with E-state index >= 15 is 0 Å². The summed E-state index contributed by atoms with van der Waals surface area (Å²) < 4.78 is 0. The monoisotopic (exact) mass is 383 g/mol. The standard InChI is InChI=1S/C16H21N3O4S2/c1-9(2)12(19-16(23)25-8-10-4-3-7-24-10)14(21)18-11-5-6-17-15(22)13(11)20/h3-4,7,9,11-12H,5-6,8H2,1-2H3,(H,17,22)(H,18,21)(H,19,23). The summed E-state index contributed by atoms with van der Waals surface area (Å²) >= 11 is 2.66. The number of Topliss-reactive ketones (excluding diaryl/α,β-unsaturated/α-hetero) is 1. The Labute approximate surface area is 154 Å². The zero-order valence-corrected chi connectivity index (χ0v) is 15.7. The Bertz CT molecular complexity index is 646. The summed E-state index contributed by atoms with van der Waals surface area (Å²) in [4.78, 5) is 48.8. The molecule has 3 amide bonds. The van der Waals surface area contributed by atoms with Gasteiger partial charge in [0.2, 0.25) is 11.7 Å². The van der Waals surface area contributed by atoms with Crippen LogP contribution in [0.25, 0.3) is 0 Å². The van der Waals surface area contributed by atoms with Crippen molar-refractivity contribution in [1.82, 2.24) is 16.0 Å². The van der Waals surface area contributed by atoms with E-state index < -0.39 is 29.7 Å². The lowest BCUT2D eigenvalue weighted by Gasteiger charge is -2.26. The molecule has 0 spiro atoms. The summed E-state index contributed by atoms with van der Waals surface area (Å²) in [6, 6.07) is 2.26. The maximum absolute atomic E-state index is 12.5. The van der Waals surface area contributed by atoms with E-state index in [0.29, 0.717) is 18.7 Å². The topological polar surface area (TPSA) is 104 Å². The number of thiophene rings is 1. The van der Waals surface area contributed by atoms with Crippen molar-refractivity contribution in [1.29, 1.82) is 0 Å². The summed E-state index contributed by atoms with van der Waals surface area (Å²) in [5.74, 6) is -1.40. The molecule has 7 nitrogen and oxygen atoms in total. The van der Waals surface area contributed by atoms with E-state index in [1.54, 1.807) is 11.3 Å². The van der Waals surface area contributed by atoms with Crippen LogP contribution in [-0.4, -0.2) is 41.5 Å². The number of piperidine rings is 1. The van der Waals surface area contributed by atoms with Gasteiger partial charge >= 0.3 is 0 Å². The van der Waals surface area contributed by atoms with Gasteiger partial charge in [0.15, 0.2) is 0 Å². The number of ketones is 1. The zero-order valence-electron chi connectivity index (χ0n) is 14.0. The molecule has 1 aromatic rings. The van der Waals surface area contributed by atoms with Crippen LogP contribution < -0.4 is 16.0 Å². The van der Waals surface area contributed by atoms with Crippen LogP contribution in [0.5, 0.6) is 0 Å². The van der Waals surface area contributed by atoms with Crippen LogP contribution in [0.4, 0.5) is 4.79 Å². The largest absolute Gasteiger partial charge is 0.349 e. The summed E-state index contributed by atoms with van der Waals surface area (Å²) in [6.45, 7) is 3.96. The molecule has 2 heterocycles. The van der Waals surface area contributed by atoms with Crippen molar-refractivity contribution in [3.05, 3.63) is 22.4 Å². The first-order valence-electron chi connectivity index (χ1n) is 7.96. The lowest BCUT2D eigenvalue weighted by atomic mass is 10.0. The summed E-state index contributed by atoms with van der Waals surface area (Å²) in [5.41, 5.74) is 0. The Kier molecular flexibility index (Phi) is 7.01. The molecular formula is C16H21N3O4S2. The van der Waals surface area contributed by atoms with Gasteiger partial charge in [-0.2, -0.15) is 0 Å². The normalized spacial score (nSPS) is 18.6. The molecule has 1 aromatic heterocycles. The SMILES string of the molecule is CC(C)C(NC(=O)SCc1cccs1)C(=O)NC1CCNC(=O)C1=O. The minimum absolute atomic E-state index is 0.154. The van der Waals surface area contributed by atoms with Crippen LogP contribution in [0.15, 0.2) is 17.5 Å². The molecule has 2 rings (SSSR count). The van der Waals surface area contributed by atoms with Gasteiger partial charge in [0.05, 0.1) is 6.04 Å². The molecule has 2 atom stereocenters. The van der Waals surface area contributed by atoms with E-state index in [4.69, 9.17) is 0 Å². The highest BCUT2D eigenvalue weighted by atomic mass is 32.2. The molecule has 1 saturated heterocycles. The van der Waals surface area contributed by atoms with Gasteiger partial charge in [0.1, 0.15) is 6.04 Å². The molecule has 1 fully saturated rings. The number of carbonyl (C=O) groups excluding carboxylic acids is 4. The van der Waals surface area contributed by atoms with Gasteiger partial charge in [-0.3, -0.25) is 19.2 Å². The smallest absolute Gasteiger partial charge is 0.289 e. The van der Waals surface area contributed by atoms with Crippen LogP contribution in [0, 0.1) is 5.92 Å². The van der Waals surface area contributed by atoms with Gasteiger partial charge in [-0.15, -0.1) is 11.3 Å². The van der Waals surface area contributed by atoms with Crippen molar-refractivity contribution in [3.8, 4) is 0 Å². The molecular weight excluding hydrogens is 362 g/mol. The van der Waals surface area contributed by atoms with Gasteiger partial charge in [-0.25, -0.2) is 0 Å². The first-order chi connectivity index (χ1) is 11.9. The molecule has 1 aliphatic rings. The second-order valence-electron chi connectivity index (χ2n) is 5.99. The number of amides is 3. The van der Waals surface area contributed by atoms with Gasteiger partial charge < -0.3 is 16.0 Å². The maximum atomic E-state index is 12.5. The fraction of sp³-hybridized carbons (Fsp3) is 0.500. The van der Waals surface area contributed by atoms with Crippen molar-refractivity contribution < 1.29 is 19.2 Å². The molecule has 2 unspecified atom stereocenters. The minimum atomic E-state index is -0.835. The highest BCUT2D eigenvalue weighted by Crippen LogP contribution is 2.18. The van der Waals surface area contributed by atoms with E-state index in [9.17, 15) is 19.2 Å². The molecule has 0 aliphatic carbocycles. The predicted molar refractivity (Wildman–Crippen MR) is 97.3 cm³/mol. The van der Waals surface area contributed by atoms with Gasteiger partial charge in [0, 0.05) is 17.2 Å². The van der Waals surface area contributed by atoms with Gasteiger partial charge in [-0.1, -0.05) is 31.7 Å². The van der Waals surface area contributed by atoms with Crippen LogP contribution in [0.2, 0.25) is 0 Å². The average Bonchev–Trinajstić information content (AvgIpc) is 3.08. The van der Waals surface area contributed by atoms with E-state index in [1.807, 2.05) is 31.4 Å². The lowest BCUT2D eigenvalue weighted by Crippen LogP contribution is -2.57. The van der Waals surface area contributed by atoms with Crippen molar-refractivity contribution in [2.24, 2.45) is 5.92 Å². The molecule has 1 aliphatic heterocycles. The third-order valence-corrected chi connectivity index (χ3v) is 5.62. The van der Waals surface area contributed by atoms with Gasteiger partial charge in [-0.05, 0) is 23.8 Å². The number of thioether (sulfide) groups is 1. The molecule has 0 radical (unpaired) electrons. The van der Waals surface area contributed by atoms with E-state index in [1.165, 1.54) is 0 Å². The number of hydrogen-bond acceptors (Lipinski definition) is 6. The maximum Gasteiger partial charge on any atom is 0.289 e. The van der Waals surface area contributed by atoms with E-state index in [-0.39, 0.29) is 11.2 Å². The first kappa shape index (κ1) is 19.5. The second-order valence-corrected chi connectivity index (χ2v) is 7.97. The van der Waals surface area contributed by atoms with E-state index in [0.717, 1.165) is 16.6 Å². The quantitative estimate of drug-likeness (QED) is 0.642. The zero-order chi connectivity index (χ0) is 18.4. The highest BCUT2D eigenvalue weighted by molar-refractivity contribution is 8.12. The summed E-state index contributed by atoms with van der Waals surface area (Å²) in [5, 5.41) is 9.36. The van der Waals surface area contributed by atoms with Crippen molar-refractivity contribution in [2.75, 3.05) is 6.54 Å². The number of nitrogens with one attached hydrogen (secondary N) is 3. The fourth-order valence-electron chi connectivity index (χ4n) is 2.34. The number of carbonyl (C=O) groups is 4. The number of hydrogen-bond donors (Lipinski definition) is 3. The first-order valence-corrected chi connectivity index (χ1v) is 9.83. The van der Waals surface area contributed by atoms with Gasteiger partial charge in [0.25, 0.3) is 11.1 Å². The summed E-state index contributed by atoms with van der Waals surface area (Å²) in [6.07, 6.45) is 0.349. The molecule has 0 bridgehead atoms. The van der Waals surface area contributed by atoms with Crippen molar-refractivity contribution >= 4 is 45.9 Å². The van der Waals surface area contributed by atoms with Crippen molar-refractivity contribution in [3.63, 3.8) is 0 Å². The van der Waals surface area contributed by atoms with Crippen molar-refractivity contribution in [2.45, 2.75) is 38.1 Å². The third kappa shape index (κ3) is 5.57. The van der Waals surface area contributed by atoms with Crippen LogP contribution in [-0.2, 0) is 20.1 Å². The Morgan fingerprint density at radius 3 is 2.80 bits per heavy atom. The molecule has 0 aromatic carbocycles. The highest BCUT2D eigenvalue weighted by Gasteiger charge is 2.33. The Balaban J connectivity index is 1.90. The van der Waals surface area contributed by atoms with Crippen LogP contribution in [0.1, 0.15) is 25.1 Å². The third-order valence-electron chi connectivity index (χ3n) is 3.72. The molecule has 25 heavy (non-hydrogen) atoms. The molecule has 3 N–H and O–H groups in total. The Morgan fingerprint density at radius 1 is 1.40 bits per heavy atom. The second kappa shape index (κ2) is 9.00. The van der Waals surface area contributed by atoms with Crippen LogP contribution >= 0.6 is 23.1 Å². The lowest BCUT2D eigenvalue weighted by molar-refractivity contribution is -0.142. The average molecular weight is 383 g/mol. The fourth-order valence-corrected chi connectivity index (χ4v) is 3.86. The Morgan fingerprint density at radius 2 is 2.16 bits per heavy atom. The number of rotatable bonds is 6. The summed E-state index contributed by atoms with van der Waals surface area (Å²) in [7, 11) is 0. The molecule has 0 saturated carbocycles. The van der Waals surface area contributed by atoms with E-state index in [2.05, 4.69) is 16.0 Å². The predicted octanol–water partition coefficient (Wildman–Crippen LogP) is 1.29. The minimum Gasteiger partial charge on any atom is -0.349 e.